The van der Waals surface area contributed by atoms with Crippen molar-refractivity contribution < 1.29 is 4.74 Å². The molecule has 0 fully saturated rings. The summed E-state index contributed by atoms with van der Waals surface area (Å²) >= 11 is 3.49. The van der Waals surface area contributed by atoms with E-state index in [4.69, 9.17) is 4.74 Å². The molecular formula is C15H20N2OS2. The summed E-state index contributed by atoms with van der Waals surface area (Å²) in [4.78, 5) is 4.49. The maximum atomic E-state index is 5.48. The van der Waals surface area contributed by atoms with Gasteiger partial charge in [0, 0.05) is 28.4 Å². The molecule has 0 spiro atoms. The van der Waals surface area contributed by atoms with Crippen LogP contribution in [0, 0.1) is 13.8 Å². The Balaban J connectivity index is 2.13. The molecule has 2 aromatic rings. The summed E-state index contributed by atoms with van der Waals surface area (Å²) in [6.45, 7) is 4.13. The first kappa shape index (κ1) is 15.4. The summed E-state index contributed by atoms with van der Waals surface area (Å²) < 4.78 is 6.60. The van der Waals surface area contributed by atoms with Gasteiger partial charge in [-0.05, 0) is 27.0 Å². The molecule has 1 atom stereocenters. The summed E-state index contributed by atoms with van der Waals surface area (Å²) in [6.07, 6.45) is 0. The number of ether oxygens (including phenoxy) is 1. The molecule has 0 saturated heterocycles. The van der Waals surface area contributed by atoms with E-state index in [2.05, 4.69) is 34.7 Å². The zero-order chi connectivity index (χ0) is 14.5. The van der Waals surface area contributed by atoms with Gasteiger partial charge in [-0.3, -0.25) is 0 Å². The average molecular weight is 308 g/mol. The molecule has 20 heavy (non-hydrogen) atoms. The van der Waals surface area contributed by atoms with Crippen molar-refractivity contribution in [2.45, 2.75) is 24.2 Å². The van der Waals surface area contributed by atoms with Crippen LogP contribution in [0.15, 0.2) is 27.9 Å². The van der Waals surface area contributed by atoms with Gasteiger partial charge in [0.1, 0.15) is 10.1 Å². The van der Waals surface area contributed by atoms with E-state index in [1.807, 2.05) is 20.0 Å². The van der Waals surface area contributed by atoms with E-state index in [1.54, 1.807) is 30.2 Å². The van der Waals surface area contributed by atoms with E-state index in [0.29, 0.717) is 0 Å². The second kappa shape index (κ2) is 7.11. The number of thioether (sulfide) groups is 1. The average Bonchev–Trinajstić information content (AvgIpc) is 2.85. The van der Waals surface area contributed by atoms with Gasteiger partial charge < -0.3 is 10.1 Å². The van der Waals surface area contributed by atoms with Gasteiger partial charge in [0.25, 0.3) is 0 Å². The first-order valence-corrected chi connectivity index (χ1v) is 8.37. The van der Waals surface area contributed by atoms with Crippen LogP contribution >= 0.6 is 23.1 Å². The lowest BCUT2D eigenvalue weighted by Crippen LogP contribution is -2.19. The van der Waals surface area contributed by atoms with Crippen LogP contribution in [0.5, 0.6) is 5.75 Å². The van der Waals surface area contributed by atoms with E-state index in [1.165, 1.54) is 11.1 Å². The molecule has 0 aliphatic rings. The third kappa shape index (κ3) is 3.75. The fourth-order valence-electron chi connectivity index (χ4n) is 2.01. The first-order valence-electron chi connectivity index (χ1n) is 6.50. The molecule has 1 aromatic carbocycles. The third-order valence-electron chi connectivity index (χ3n) is 3.08. The van der Waals surface area contributed by atoms with Crippen LogP contribution in [0.3, 0.4) is 0 Å². The highest BCUT2D eigenvalue weighted by atomic mass is 32.2. The highest BCUT2D eigenvalue weighted by Gasteiger charge is 2.15. The van der Waals surface area contributed by atoms with Crippen LogP contribution in [0.25, 0.3) is 0 Å². The third-order valence-corrected chi connectivity index (χ3v) is 5.31. The minimum absolute atomic E-state index is 0.249. The molecule has 5 heteroatoms. The van der Waals surface area contributed by atoms with Gasteiger partial charge in [0.2, 0.25) is 0 Å². The predicted octanol–water partition coefficient (Wildman–Crippen LogP) is 3.82. The molecule has 2 rings (SSSR count). The second-order valence-electron chi connectivity index (χ2n) is 4.65. The molecule has 0 aliphatic carbocycles. The highest BCUT2D eigenvalue weighted by Crippen LogP contribution is 2.31. The number of methoxy groups -OCH3 is 1. The van der Waals surface area contributed by atoms with Crippen LogP contribution in [0.2, 0.25) is 0 Å². The number of benzene rings is 1. The molecule has 1 unspecified atom stereocenters. The molecular weight excluding hydrogens is 288 g/mol. The smallest absolute Gasteiger partial charge is 0.150 e. The van der Waals surface area contributed by atoms with Gasteiger partial charge in [-0.2, -0.15) is 0 Å². The lowest BCUT2D eigenvalue weighted by molar-refractivity contribution is 0.404. The van der Waals surface area contributed by atoms with Crippen LogP contribution in [0.4, 0.5) is 0 Å². The Morgan fingerprint density at radius 2 is 2.20 bits per heavy atom. The van der Waals surface area contributed by atoms with E-state index < -0.39 is 0 Å². The minimum atomic E-state index is 0.249. The summed E-state index contributed by atoms with van der Waals surface area (Å²) in [7, 11) is 3.71. The SMILES string of the molecule is CNC(CSc1nc(C)cs1)c1cc(C)ccc1OC. The van der Waals surface area contributed by atoms with Crippen molar-refractivity contribution in [1.29, 1.82) is 0 Å². The number of nitrogens with zero attached hydrogens (tertiary/aromatic N) is 1. The van der Waals surface area contributed by atoms with E-state index in [0.717, 1.165) is 21.5 Å². The largest absolute Gasteiger partial charge is 0.496 e. The quantitative estimate of drug-likeness (QED) is 0.823. The van der Waals surface area contributed by atoms with E-state index in [-0.39, 0.29) is 6.04 Å². The molecule has 0 aliphatic heterocycles. The molecule has 0 saturated carbocycles. The summed E-state index contributed by atoms with van der Waals surface area (Å²) in [5.74, 6) is 1.87. The van der Waals surface area contributed by atoms with Gasteiger partial charge in [-0.25, -0.2) is 4.98 Å². The normalized spacial score (nSPS) is 12.4. The Hall–Kier alpha value is -1.04. The highest BCUT2D eigenvalue weighted by molar-refractivity contribution is 8.01. The molecule has 1 N–H and O–H groups in total. The Kier molecular flexibility index (Phi) is 5.46. The Morgan fingerprint density at radius 1 is 1.40 bits per heavy atom. The molecule has 3 nitrogen and oxygen atoms in total. The number of rotatable bonds is 6. The number of nitrogens with one attached hydrogen (secondary N) is 1. The van der Waals surface area contributed by atoms with Crippen LogP contribution < -0.4 is 10.1 Å². The molecule has 0 bridgehead atoms. The Labute approximate surface area is 128 Å². The van der Waals surface area contributed by atoms with Crippen molar-refractivity contribution >= 4 is 23.1 Å². The van der Waals surface area contributed by atoms with Crippen molar-refractivity contribution in [3.05, 3.63) is 40.4 Å². The van der Waals surface area contributed by atoms with Crippen molar-refractivity contribution in [2.75, 3.05) is 19.9 Å². The number of hydrogen-bond acceptors (Lipinski definition) is 5. The lowest BCUT2D eigenvalue weighted by atomic mass is 10.0. The Bertz CT molecular complexity index is 569. The van der Waals surface area contributed by atoms with E-state index in [9.17, 15) is 0 Å². The number of aryl methyl sites for hydroxylation is 2. The first-order chi connectivity index (χ1) is 9.63. The zero-order valence-electron chi connectivity index (χ0n) is 12.3. The topological polar surface area (TPSA) is 34.2 Å². The summed E-state index contributed by atoms with van der Waals surface area (Å²) in [6, 6.07) is 6.55. The van der Waals surface area contributed by atoms with Crippen molar-refractivity contribution in [3.8, 4) is 5.75 Å². The van der Waals surface area contributed by atoms with Crippen molar-refractivity contribution in [3.63, 3.8) is 0 Å². The zero-order valence-corrected chi connectivity index (χ0v) is 13.9. The number of aromatic nitrogens is 1. The number of thiazole rings is 1. The van der Waals surface area contributed by atoms with Gasteiger partial charge >= 0.3 is 0 Å². The van der Waals surface area contributed by atoms with Crippen molar-refractivity contribution in [1.82, 2.24) is 10.3 Å². The molecule has 108 valence electrons. The van der Waals surface area contributed by atoms with Gasteiger partial charge in [-0.1, -0.05) is 29.5 Å². The maximum absolute atomic E-state index is 5.48. The minimum Gasteiger partial charge on any atom is -0.496 e. The standard InChI is InChI=1S/C15H20N2OS2/c1-10-5-6-14(18-4)12(7-10)13(16-3)9-20-15-17-11(2)8-19-15/h5-8,13,16H,9H2,1-4H3. The van der Waals surface area contributed by atoms with Crippen molar-refractivity contribution in [2.24, 2.45) is 0 Å². The summed E-state index contributed by atoms with van der Waals surface area (Å²) in [5, 5.41) is 5.46. The molecule has 0 radical (unpaired) electrons. The van der Waals surface area contributed by atoms with E-state index >= 15 is 0 Å². The van der Waals surface area contributed by atoms with Gasteiger partial charge in [-0.15, -0.1) is 11.3 Å². The predicted molar refractivity (Wildman–Crippen MR) is 87.1 cm³/mol. The second-order valence-corrected chi connectivity index (χ2v) is 6.78. The fourth-order valence-corrected chi connectivity index (χ4v) is 4.01. The fraction of sp³-hybridized carbons (Fsp3) is 0.400. The maximum Gasteiger partial charge on any atom is 0.150 e. The number of hydrogen-bond donors (Lipinski definition) is 1. The summed E-state index contributed by atoms with van der Waals surface area (Å²) in [5.41, 5.74) is 3.54. The van der Waals surface area contributed by atoms with Crippen LogP contribution in [0.1, 0.15) is 22.9 Å². The van der Waals surface area contributed by atoms with Gasteiger partial charge in [0.15, 0.2) is 0 Å². The van der Waals surface area contributed by atoms with Crippen LogP contribution in [-0.4, -0.2) is 24.9 Å². The molecule has 1 heterocycles. The lowest BCUT2D eigenvalue weighted by Gasteiger charge is -2.19. The van der Waals surface area contributed by atoms with Crippen LogP contribution in [-0.2, 0) is 0 Å². The Morgan fingerprint density at radius 3 is 2.80 bits per heavy atom. The monoisotopic (exact) mass is 308 g/mol. The molecule has 0 amide bonds. The van der Waals surface area contributed by atoms with Gasteiger partial charge in [0.05, 0.1) is 7.11 Å². The molecule has 1 aromatic heterocycles.